The maximum Gasteiger partial charge on any atom is 0.337 e. The lowest BCUT2D eigenvalue weighted by atomic mass is 9.96. The normalized spacial score (nSPS) is 17.8. The number of carbonyl (C=O) groups is 1. The molecule has 1 saturated heterocycles. The lowest BCUT2D eigenvalue weighted by Gasteiger charge is -2.29. The van der Waals surface area contributed by atoms with Gasteiger partial charge in [0.1, 0.15) is 0 Å². The topological polar surface area (TPSA) is 62.6 Å². The van der Waals surface area contributed by atoms with Crippen molar-refractivity contribution in [2.45, 2.75) is 25.9 Å². The first kappa shape index (κ1) is 23.9. The Morgan fingerprint density at radius 1 is 1.18 bits per heavy atom. The molecule has 2 aromatic heterocycles. The summed E-state index contributed by atoms with van der Waals surface area (Å²) in [5, 5.41) is 4.26. The number of esters is 1. The highest BCUT2D eigenvalue weighted by Crippen LogP contribution is 2.41. The van der Waals surface area contributed by atoms with Crippen LogP contribution in [0.1, 0.15) is 45.1 Å². The number of nitrogens with one attached hydrogen (secondary N) is 1. The number of likely N-dealkylation sites (N-methyl/N-ethyl adjacent to an activating group) is 1. The van der Waals surface area contributed by atoms with Crippen LogP contribution in [0.25, 0.3) is 5.69 Å². The Kier molecular flexibility index (Phi) is 7.00. The average molecular weight is 478 g/mol. The lowest BCUT2D eigenvalue weighted by Crippen LogP contribution is -2.35. The molecule has 2 atom stereocenters. The number of benzene rings is 1. The van der Waals surface area contributed by atoms with Gasteiger partial charge in [-0.05, 0) is 82.1 Å². The monoisotopic (exact) mass is 477 g/mol. The van der Waals surface area contributed by atoms with Crippen LogP contribution in [0, 0.1) is 13.8 Å². The van der Waals surface area contributed by atoms with Crippen LogP contribution in [0.5, 0.6) is 0 Å². The maximum absolute atomic E-state index is 12.1. The summed E-state index contributed by atoms with van der Waals surface area (Å²) in [6.45, 7) is 5.89. The molecule has 0 bridgehead atoms. The molecule has 1 N–H and O–H groups in total. The fraction of sp³-hybridized carbons (Fsp3) is 0.346. The number of rotatable bonds is 7. The van der Waals surface area contributed by atoms with Crippen LogP contribution in [-0.4, -0.2) is 64.7 Å². The molecule has 8 heteroatoms. The van der Waals surface area contributed by atoms with Crippen molar-refractivity contribution in [1.29, 1.82) is 0 Å². The first-order valence-electron chi connectivity index (χ1n) is 11.3. The number of thiocarbonyl (C=S) groups is 1. The Balaban J connectivity index is 1.80. The van der Waals surface area contributed by atoms with Gasteiger partial charge >= 0.3 is 5.97 Å². The van der Waals surface area contributed by atoms with Crippen molar-refractivity contribution >= 4 is 23.3 Å². The number of methoxy groups -OCH3 is 1. The van der Waals surface area contributed by atoms with E-state index in [4.69, 9.17) is 17.0 Å². The van der Waals surface area contributed by atoms with Gasteiger partial charge in [-0.25, -0.2) is 4.79 Å². The van der Waals surface area contributed by atoms with E-state index in [0.29, 0.717) is 5.56 Å². The number of ether oxygens (including phenoxy) is 1. The van der Waals surface area contributed by atoms with Gasteiger partial charge in [0, 0.05) is 36.4 Å². The summed E-state index contributed by atoms with van der Waals surface area (Å²) in [5.74, 6) is -0.347. The van der Waals surface area contributed by atoms with Crippen LogP contribution in [0.3, 0.4) is 0 Å². The third-order valence-corrected chi connectivity index (χ3v) is 6.65. The molecular formula is C26H31N5O2S. The highest BCUT2D eigenvalue weighted by atomic mass is 32.1. The van der Waals surface area contributed by atoms with Gasteiger partial charge in [0.15, 0.2) is 5.11 Å². The summed E-state index contributed by atoms with van der Waals surface area (Å²) in [5.41, 5.74) is 5.78. The number of hydrogen-bond acceptors (Lipinski definition) is 5. The predicted octanol–water partition coefficient (Wildman–Crippen LogP) is 3.81. The summed E-state index contributed by atoms with van der Waals surface area (Å²) in [7, 11) is 5.53. The molecule has 4 rings (SSSR count). The fourth-order valence-corrected chi connectivity index (χ4v) is 5.00. The third kappa shape index (κ3) is 4.56. The Bertz CT molecular complexity index is 1190. The van der Waals surface area contributed by atoms with Crippen LogP contribution < -0.4 is 5.32 Å². The second-order valence-electron chi connectivity index (χ2n) is 8.83. The van der Waals surface area contributed by atoms with Gasteiger partial charge in [-0.3, -0.25) is 4.98 Å². The Morgan fingerprint density at radius 2 is 1.97 bits per heavy atom. The highest BCUT2D eigenvalue weighted by Gasteiger charge is 2.41. The van der Waals surface area contributed by atoms with Crippen molar-refractivity contribution in [3.05, 3.63) is 82.9 Å². The van der Waals surface area contributed by atoms with E-state index in [9.17, 15) is 4.79 Å². The Morgan fingerprint density at radius 3 is 2.65 bits per heavy atom. The molecule has 0 radical (unpaired) electrons. The van der Waals surface area contributed by atoms with Gasteiger partial charge in [0.05, 0.1) is 30.5 Å². The van der Waals surface area contributed by atoms with E-state index < -0.39 is 0 Å². The number of pyridine rings is 1. The van der Waals surface area contributed by atoms with Crippen LogP contribution in [0.2, 0.25) is 0 Å². The minimum atomic E-state index is -0.347. The van der Waals surface area contributed by atoms with Crippen molar-refractivity contribution < 1.29 is 9.53 Å². The molecule has 0 saturated carbocycles. The molecule has 178 valence electrons. The molecule has 34 heavy (non-hydrogen) atoms. The molecule has 1 aliphatic rings. The van der Waals surface area contributed by atoms with Crippen molar-refractivity contribution in [2.24, 2.45) is 0 Å². The van der Waals surface area contributed by atoms with E-state index in [-0.39, 0.29) is 18.1 Å². The van der Waals surface area contributed by atoms with Crippen molar-refractivity contribution in [3.63, 3.8) is 0 Å². The summed E-state index contributed by atoms with van der Waals surface area (Å²) in [4.78, 5) is 21.2. The highest BCUT2D eigenvalue weighted by molar-refractivity contribution is 7.80. The standard InChI is InChI=1S/C26H31N5O2S/c1-17-15-21(18(2)31(17)20-10-8-9-19(16-20)25(32)33-5)24-23(22-11-6-7-12-27-22)28-26(34)30(24)14-13-29(3)4/h6-12,15-16,23-24H,13-14H2,1-5H3,(H,28,34)/t23-,24-/m0/s1. The smallest absolute Gasteiger partial charge is 0.337 e. The second-order valence-corrected chi connectivity index (χ2v) is 9.21. The lowest BCUT2D eigenvalue weighted by molar-refractivity contribution is 0.0600. The van der Waals surface area contributed by atoms with E-state index in [2.05, 4.69) is 58.7 Å². The van der Waals surface area contributed by atoms with Gasteiger partial charge in [0.25, 0.3) is 0 Å². The summed E-state index contributed by atoms with van der Waals surface area (Å²) in [6, 6.07) is 15.7. The number of aromatic nitrogens is 2. The van der Waals surface area contributed by atoms with Gasteiger partial charge in [0.2, 0.25) is 0 Å². The maximum atomic E-state index is 12.1. The molecular weight excluding hydrogens is 446 g/mol. The second kappa shape index (κ2) is 9.95. The molecule has 1 aromatic carbocycles. The van der Waals surface area contributed by atoms with Crippen LogP contribution in [-0.2, 0) is 4.74 Å². The minimum absolute atomic E-state index is 0.00825. The molecule has 0 amide bonds. The zero-order valence-corrected chi connectivity index (χ0v) is 21.1. The van der Waals surface area contributed by atoms with E-state index in [1.165, 1.54) is 12.7 Å². The molecule has 0 aliphatic carbocycles. The zero-order valence-electron chi connectivity index (χ0n) is 20.3. The van der Waals surface area contributed by atoms with Crippen LogP contribution in [0.15, 0.2) is 54.7 Å². The van der Waals surface area contributed by atoms with Crippen LogP contribution >= 0.6 is 12.2 Å². The van der Waals surface area contributed by atoms with E-state index >= 15 is 0 Å². The first-order valence-corrected chi connectivity index (χ1v) is 11.7. The van der Waals surface area contributed by atoms with E-state index in [1.54, 1.807) is 6.07 Å². The average Bonchev–Trinajstić information content (AvgIpc) is 3.32. The first-order chi connectivity index (χ1) is 16.3. The fourth-order valence-electron chi connectivity index (χ4n) is 4.67. The Labute approximate surface area is 206 Å². The zero-order chi connectivity index (χ0) is 24.4. The largest absolute Gasteiger partial charge is 0.465 e. The molecule has 0 spiro atoms. The summed E-state index contributed by atoms with van der Waals surface area (Å²) >= 11 is 5.79. The number of hydrogen-bond donors (Lipinski definition) is 1. The molecule has 1 aliphatic heterocycles. The minimum Gasteiger partial charge on any atom is -0.465 e. The van der Waals surface area contributed by atoms with Crippen molar-refractivity contribution in [3.8, 4) is 5.69 Å². The van der Waals surface area contributed by atoms with Gasteiger partial charge in [-0.15, -0.1) is 0 Å². The van der Waals surface area contributed by atoms with Crippen molar-refractivity contribution in [1.82, 2.24) is 24.7 Å². The number of carbonyl (C=O) groups excluding carboxylic acids is 1. The van der Waals surface area contributed by atoms with E-state index in [0.717, 1.165) is 41.0 Å². The van der Waals surface area contributed by atoms with Gasteiger partial charge < -0.3 is 24.4 Å². The predicted molar refractivity (Wildman–Crippen MR) is 137 cm³/mol. The Hall–Kier alpha value is -3.23. The molecule has 1 fully saturated rings. The molecule has 3 heterocycles. The SMILES string of the molecule is COC(=O)c1cccc(-n2c(C)cc([C@H]3[C@H](c4ccccn4)NC(=S)N3CCN(C)C)c2C)c1. The summed E-state index contributed by atoms with van der Waals surface area (Å²) < 4.78 is 7.10. The third-order valence-electron chi connectivity index (χ3n) is 6.30. The van der Waals surface area contributed by atoms with Crippen molar-refractivity contribution in [2.75, 3.05) is 34.3 Å². The molecule has 3 aromatic rings. The van der Waals surface area contributed by atoms with Crippen LogP contribution in [0.4, 0.5) is 0 Å². The molecule has 7 nitrogen and oxygen atoms in total. The molecule has 0 unspecified atom stereocenters. The number of nitrogens with zero attached hydrogens (tertiary/aromatic N) is 4. The summed E-state index contributed by atoms with van der Waals surface area (Å²) in [6.07, 6.45) is 1.82. The quantitative estimate of drug-likeness (QED) is 0.410. The van der Waals surface area contributed by atoms with Gasteiger partial charge in [-0.1, -0.05) is 12.1 Å². The van der Waals surface area contributed by atoms with Gasteiger partial charge in [-0.2, -0.15) is 0 Å². The number of aryl methyl sites for hydroxylation is 1. The van der Waals surface area contributed by atoms with E-state index in [1.807, 2.05) is 42.6 Å².